The number of ether oxygens (including phenoxy) is 1. The van der Waals surface area contributed by atoms with E-state index in [1.807, 2.05) is 17.0 Å². The minimum atomic E-state index is -0.181. The lowest BCUT2D eigenvalue weighted by Crippen LogP contribution is -2.42. The maximum atomic E-state index is 14.5. The zero-order valence-electron chi connectivity index (χ0n) is 16.5. The number of rotatable bonds is 7. The Morgan fingerprint density at radius 3 is 2.58 bits per heavy atom. The molecule has 0 spiro atoms. The molecule has 0 aliphatic carbocycles. The quantitative estimate of drug-likeness (QED) is 0.576. The van der Waals surface area contributed by atoms with Gasteiger partial charge in [-0.1, -0.05) is 19.9 Å². The molecular weight excluding hydrogens is 331 g/mol. The molecule has 26 heavy (non-hydrogen) atoms. The smallest absolute Gasteiger partial charge is 0.191 e. The van der Waals surface area contributed by atoms with Crippen molar-refractivity contribution in [1.82, 2.24) is 10.6 Å². The number of guanidine groups is 1. The topological polar surface area (TPSA) is 48.9 Å². The third-order valence-electron chi connectivity index (χ3n) is 4.61. The number of benzene rings is 1. The van der Waals surface area contributed by atoms with E-state index < -0.39 is 0 Å². The maximum absolute atomic E-state index is 14.5. The van der Waals surface area contributed by atoms with Gasteiger partial charge in [0.1, 0.15) is 5.82 Å². The molecule has 0 bridgehead atoms. The van der Waals surface area contributed by atoms with E-state index >= 15 is 0 Å². The van der Waals surface area contributed by atoms with E-state index in [1.165, 1.54) is 6.42 Å². The van der Waals surface area contributed by atoms with Crippen LogP contribution >= 0.6 is 0 Å². The van der Waals surface area contributed by atoms with E-state index in [4.69, 9.17) is 4.74 Å². The molecule has 0 aromatic heterocycles. The SMILES string of the molecule is CN=C(NCc1ccc(N2CCOCC2)c(F)c1)NC(C)CCC(C)C. The summed E-state index contributed by atoms with van der Waals surface area (Å²) in [6.07, 6.45) is 2.28. The van der Waals surface area contributed by atoms with Crippen LogP contribution in [-0.4, -0.2) is 45.4 Å². The lowest BCUT2D eigenvalue weighted by Gasteiger charge is -2.29. The minimum Gasteiger partial charge on any atom is -0.378 e. The predicted molar refractivity (Wildman–Crippen MR) is 106 cm³/mol. The zero-order valence-corrected chi connectivity index (χ0v) is 16.5. The monoisotopic (exact) mass is 364 g/mol. The number of hydrogen-bond donors (Lipinski definition) is 2. The zero-order chi connectivity index (χ0) is 18.9. The highest BCUT2D eigenvalue weighted by Gasteiger charge is 2.15. The van der Waals surface area contributed by atoms with Crippen LogP contribution < -0.4 is 15.5 Å². The lowest BCUT2D eigenvalue weighted by molar-refractivity contribution is 0.122. The first kappa shape index (κ1) is 20.5. The van der Waals surface area contributed by atoms with Crippen LogP contribution in [0.15, 0.2) is 23.2 Å². The summed E-state index contributed by atoms with van der Waals surface area (Å²) < 4.78 is 19.8. The highest BCUT2D eigenvalue weighted by molar-refractivity contribution is 5.79. The van der Waals surface area contributed by atoms with Crippen LogP contribution in [-0.2, 0) is 11.3 Å². The van der Waals surface area contributed by atoms with Crippen LogP contribution in [0.2, 0.25) is 0 Å². The molecule has 5 nitrogen and oxygen atoms in total. The molecule has 1 aliphatic heterocycles. The van der Waals surface area contributed by atoms with Gasteiger partial charge in [0.2, 0.25) is 0 Å². The molecule has 0 radical (unpaired) electrons. The normalized spacial score (nSPS) is 16.7. The Bertz CT molecular complexity index is 585. The first-order valence-corrected chi connectivity index (χ1v) is 9.58. The summed E-state index contributed by atoms with van der Waals surface area (Å²) in [4.78, 5) is 6.30. The van der Waals surface area contributed by atoms with Crippen molar-refractivity contribution >= 4 is 11.6 Å². The number of aliphatic imine (C=N–C) groups is 1. The first-order chi connectivity index (χ1) is 12.5. The molecule has 1 atom stereocenters. The van der Waals surface area contributed by atoms with Gasteiger partial charge in [-0.15, -0.1) is 0 Å². The number of morpholine rings is 1. The summed E-state index contributed by atoms with van der Waals surface area (Å²) in [6, 6.07) is 5.78. The van der Waals surface area contributed by atoms with Gasteiger partial charge in [-0.3, -0.25) is 4.99 Å². The molecule has 1 unspecified atom stereocenters. The molecule has 0 amide bonds. The molecule has 1 heterocycles. The summed E-state index contributed by atoms with van der Waals surface area (Å²) in [5.41, 5.74) is 1.55. The standard InChI is InChI=1S/C20H33FN4O/c1-15(2)5-6-16(3)24-20(22-4)23-14-17-7-8-19(18(21)13-17)25-9-11-26-12-10-25/h7-8,13,15-16H,5-6,9-12,14H2,1-4H3,(H2,22,23,24). The molecule has 6 heteroatoms. The second-order valence-electron chi connectivity index (χ2n) is 7.33. The molecule has 1 aliphatic rings. The summed E-state index contributed by atoms with van der Waals surface area (Å²) in [7, 11) is 1.76. The Balaban J connectivity index is 1.86. The first-order valence-electron chi connectivity index (χ1n) is 9.58. The van der Waals surface area contributed by atoms with Crippen molar-refractivity contribution in [3.8, 4) is 0 Å². The van der Waals surface area contributed by atoms with E-state index in [-0.39, 0.29) is 5.82 Å². The Morgan fingerprint density at radius 2 is 1.96 bits per heavy atom. The van der Waals surface area contributed by atoms with Crippen LogP contribution in [0.25, 0.3) is 0 Å². The molecular formula is C20H33FN4O. The maximum Gasteiger partial charge on any atom is 0.191 e. The van der Waals surface area contributed by atoms with Crippen molar-refractivity contribution in [2.75, 3.05) is 38.3 Å². The van der Waals surface area contributed by atoms with Gasteiger partial charge >= 0.3 is 0 Å². The van der Waals surface area contributed by atoms with Gasteiger partial charge in [-0.05, 0) is 43.4 Å². The Morgan fingerprint density at radius 1 is 1.23 bits per heavy atom. The van der Waals surface area contributed by atoms with E-state index in [9.17, 15) is 4.39 Å². The highest BCUT2D eigenvalue weighted by atomic mass is 19.1. The molecule has 2 N–H and O–H groups in total. The number of nitrogens with one attached hydrogen (secondary N) is 2. The Kier molecular flexibility index (Phi) is 8.16. The molecule has 0 saturated carbocycles. The number of nitrogens with zero attached hydrogens (tertiary/aromatic N) is 2. The lowest BCUT2D eigenvalue weighted by atomic mass is 10.0. The van der Waals surface area contributed by atoms with Crippen molar-refractivity contribution in [2.24, 2.45) is 10.9 Å². The van der Waals surface area contributed by atoms with Gasteiger partial charge < -0.3 is 20.3 Å². The van der Waals surface area contributed by atoms with Crippen molar-refractivity contribution in [2.45, 2.75) is 46.2 Å². The van der Waals surface area contributed by atoms with Gasteiger partial charge in [0.05, 0.1) is 18.9 Å². The van der Waals surface area contributed by atoms with Crippen molar-refractivity contribution in [1.29, 1.82) is 0 Å². The number of hydrogen-bond acceptors (Lipinski definition) is 3. The fourth-order valence-corrected chi connectivity index (χ4v) is 2.99. The summed E-state index contributed by atoms with van der Waals surface area (Å²) in [5, 5.41) is 6.66. The average Bonchev–Trinajstić information content (AvgIpc) is 2.64. The molecule has 1 aromatic carbocycles. The van der Waals surface area contributed by atoms with Crippen molar-refractivity contribution in [3.63, 3.8) is 0 Å². The fraction of sp³-hybridized carbons (Fsp3) is 0.650. The molecule has 1 aromatic rings. The second kappa shape index (κ2) is 10.4. The number of halogens is 1. The van der Waals surface area contributed by atoms with E-state index in [0.717, 1.165) is 31.0 Å². The largest absolute Gasteiger partial charge is 0.378 e. The second-order valence-corrected chi connectivity index (χ2v) is 7.33. The van der Waals surface area contributed by atoms with Gasteiger partial charge in [-0.2, -0.15) is 0 Å². The highest BCUT2D eigenvalue weighted by Crippen LogP contribution is 2.21. The minimum absolute atomic E-state index is 0.181. The Labute approximate surface area is 157 Å². The predicted octanol–water partition coefficient (Wildman–Crippen LogP) is 3.15. The molecule has 2 rings (SSSR count). The molecule has 1 fully saturated rings. The van der Waals surface area contributed by atoms with Crippen LogP contribution in [0.4, 0.5) is 10.1 Å². The van der Waals surface area contributed by atoms with Gasteiger partial charge in [0.25, 0.3) is 0 Å². The Hall–Kier alpha value is -1.82. The van der Waals surface area contributed by atoms with Gasteiger partial charge in [0.15, 0.2) is 5.96 Å². The fourth-order valence-electron chi connectivity index (χ4n) is 2.99. The van der Waals surface area contributed by atoms with Crippen LogP contribution in [0.3, 0.4) is 0 Å². The number of anilines is 1. The summed E-state index contributed by atoms with van der Waals surface area (Å²) in [6.45, 7) is 9.94. The molecule has 146 valence electrons. The molecule has 1 saturated heterocycles. The van der Waals surface area contributed by atoms with E-state index in [2.05, 4.69) is 36.4 Å². The summed E-state index contributed by atoms with van der Waals surface area (Å²) >= 11 is 0. The van der Waals surface area contributed by atoms with Crippen LogP contribution in [0.1, 0.15) is 39.2 Å². The third-order valence-corrected chi connectivity index (χ3v) is 4.61. The van der Waals surface area contributed by atoms with Crippen molar-refractivity contribution in [3.05, 3.63) is 29.6 Å². The third kappa shape index (κ3) is 6.48. The van der Waals surface area contributed by atoms with Crippen LogP contribution in [0.5, 0.6) is 0 Å². The van der Waals surface area contributed by atoms with E-state index in [0.29, 0.717) is 37.4 Å². The summed E-state index contributed by atoms with van der Waals surface area (Å²) in [5.74, 6) is 1.26. The average molecular weight is 365 g/mol. The van der Waals surface area contributed by atoms with Crippen LogP contribution in [0, 0.1) is 11.7 Å². The van der Waals surface area contributed by atoms with E-state index in [1.54, 1.807) is 13.1 Å². The van der Waals surface area contributed by atoms with Crippen molar-refractivity contribution < 1.29 is 9.13 Å². The van der Waals surface area contributed by atoms with Gasteiger partial charge in [-0.25, -0.2) is 4.39 Å². The van der Waals surface area contributed by atoms with Gasteiger partial charge in [0, 0.05) is 32.7 Å².